The first-order valence-corrected chi connectivity index (χ1v) is 31.4. The van der Waals surface area contributed by atoms with Gasteiger partial charge < -0.3 is 0 Å². The van der Waals surface area contributed by atoms with Crippen molar-refractivity contribution in [3.8, 4) is 55.6 Å². The van der Waals surface area contributed by atoms with Crippen LogP contribution in [0.4, 0.5) is 0 Å². The molecule has 85 heavy (non-hydrogen) atoms. The molecule has 0 aromatic heterocycles. The Morgan fingerprint density at radius 2 is 0.588 bits per heavy atom. The summed E-state index contributed by atoms with van der Waals surface area (Å²) in [5.41, 5.74) is 58.3. The lowest BCUT2D eigenvalue weighted by Crippen LogP contribution is -1.93. The maximum absolute atomic E-state index is 2.37. The second-order valence-corrected chi connectivity index (χ2v) is 26.5. The minimum absolute atomic E-state index is 1.10. The molecule has 10 aromatic rings. The van der Waals surface area contributed by atoms with E-state index in [9.17, 15) is 0 Å². The van der Waals surface area contributed by atoms with Gasteiger partial charge in [-0.25, -0.2) is 0 Å². The molecule has 5 aliphatic rings. The fourth-order valence-corrected chi connectivity index (χ4v) is 14.9. The molecule has 0 spiro atoms. The Kier molecular flexibility index (Phi) is 15.9. The summed E-state index contributed by atoms with van der Waals surface area (Å²) in [5.74, 6) is 0. The van der Waals surface area contributed by atoms with Crippen LogP contribution in [-0.2, 0) is 32.1 Å². The average molecular weight is 1110 g/mol. The van der Waals surface area contributed by atoms with Crippen molar-refractivity contribution in [1.82, 2.24) is 0 Å². The van der Waals surface area contributed by atoms with Gasteiger partial charge in [-0.1, -0.05) is 132 Å². The van der Waals surface area contributed by atoms with Crippen LogP contribution in [0.3, 0.4) is 0 Å². The molecule has 10 aromatic carbocycles. The van der Waals surface area contributed by atoms with Crippen molar-refractivity contribution in [1.29, 1.82) is 0 Å². The highest BCUT2D eigenvalue weighted by Gasteiger charge is 2.27. The van der Waals surface area contributed by atoms with Crippen molar-refractivity contribution in [3.05, 3.63) is 288 Å². The first-order chi connectivity index (χ1) is 40.4. The van der Waals surface area contributed by atoms with Gasteiger partial charge in [0.1, 0.15) is 0 Å². The minimum Gasteiger partial charge on any atom is -0.0617 e. The molecule has 0 saturated carbocycles. The lowest BCUT2D eigenvalue weighted by molar-refractivity contribution is 1.19. The predicted octanol–water partition coefficient (Wildman–Crippen LogP) is 22.5. The Morgan fingerprint density at radius 1 is 0.188 bits per heavy atom. The summed E-state index contributed by atoms with van der Waals surface area (Å²) < 4.78 is 0. The van der Waals surface area contributed by atoms with Crippen molar-refractivity contribution in [2.24, 2.45) is 0 Å². The fraction of sp³-hybridized carbons (Fsp3) is 0.294. The van der Waals surface area contributed by atoms with Gasteiger partial charge in [-0.05, 0) is 382 Å². The van der Waals surface area contributed by atoms with Gasteiger partial charge in [0.2, 0.25) is 0 Å². The molecule has 0 unspecified atom stereocenters. The summed E-state index contributed by atoms with van der Waals surface area (Å²) in [6.07, 6.45) is 5.53. The van der Waals surface area contributed by atoms with Crippen LogP contribution in [0.5, 0.6) is 0 Å². The van der Waals surface area contributed by atoms with Crippen LogP contribution < -0.4 is 0 Å². The Bertz CT molecular complexity index is 4390. The lowest BCUT2D eigenvalue weighted by Gasteiger charge is -2.13. The van der Waals surface area contributed by atoms with Crippen molar-refractivity contribution < 1.29 is 0 Å². The van der Waals surface area contributed by atoms with Crippen molar-refractivity contribution >= 4 is 0 Å². The zero-order valence-corrected chi connectivity index (χ0v) is 55.1. The molecule has 0 nitrogen and oxygen atoms in total. The lowest BCUT2D eigenvalue weighted by atomic mass is 9.92. The number of rotatable bonds is 0. The third-order valence-electron chi connectivity index (χ3n) is 21.0. The Balaban J connectivity index is 0.000000111. The highest BCUT2D eigenvalue weighted by molar-refractivity contribution is 5.86. The van der Waals surface area contributed by atoms with E-state index in [-0.39, 0.29) is 0 Å². The molecule has 0 radical (unpaired) electrons. The summed E-state index contributed by atoms with van der Waals surface area (Å²) in [6.45, 7) is 44.5. The van der Waals surface area contributed by atoms with E-state index in [4.69, 9.17) is 0 Å². The molecule has 0 saturated heterocycles. The molecule has 0 heterocycles. The van der Waals surface area contributed by atoms with Crippen molar-refractivity contribution in [2.45, 2.75) is 171 Å². The van der Waals surface area contributed by atoms with Crippen LogP contribution in [0, 0.1) is 138 Å². The first kappa shape index (κ1) is 59.0. The third-order valence-corrected chi connectivity index (χ3v) is 21.0. The largest absolute Gasteiger partial charge is 0.0617 e. The number of fused-ring (bicyclic) bond motifs is 15. The molecule has 0 amide bonds. The summed E-state index contributed by atoms with van der Waals surface area (Å²) >= 11 is 0. The van der Waals surface area contributed by atoms with Crippen LogP contribution in [0.15, 0.2) is 121 Å². The Morgan fingerprint density at radius 3 is 1.21 bits per heavy atom. The standard InChI is InChI=1S/5C17H18/c1-10-5-6-14-9-15-7-11(2)12(3)8-16(15)17(14)13(10)4;1-10-5-6-16-14(7-10)9-15-8-11(2)12(3)13(4)17(15)16;1-10-5-6-14-9-15-8-11(2)12(3)13(4)17(15)16(14)7-10;1-10-6-5-7-15-16(10)9-14-8-11(2)12(3)13(4)17(14)15;1-10-6-5-7-14-9-15-8-11(2)12(3)13(4)17(15)16(10)14/h5*5-8H,9H2,1-4H3. The second kappa shape index (κ2) is 22.9. The van der Waals surface area contributed by atoms with Crippen molar-refractivity contribution in [2.75, 3.05) is 0 Å². The van der Waals surface area contributed by atoms with Crippen molar-refractivity contribution in [3.63, 3.8) is 0 Å². The number of hydrogen-bond donors (Lipinski definition) is 0. The monoisotopic (exact) mass is 1110 g/mol. The first-order valence-electron chi connectivity index (χ1n) is 31.4. The van der Waals surface area contributed by atoms with Gasteiger partial charge >= 0.3 is 0 Å². The number of aryl methyl sites for hydroxylation is 11. The third kappa shape index (κ3) is 10.6. The van der Waals surface area contributed by atoms with Gasteiger partial charge in [0.15, 0.2) is 0 Å². The minimum atomic E-state index is 1.10. The van der Waals surface area contributed by atoms with Gasteiger partial charge in [-0.2, -0.15) is 0 Å². The molecular weight excluding hydrogens is 1020 g/mol. The summed E-state index contributed by atoms with van der Waals surface area (Å²) in [5, 5.41) is 0. The Hall–Kier alpha value is -7.80. The van der Waals surface area contributed by atoms with Gasteiger partial charge in [-0.3, -0.25) is 0 Å². The van der Waals surface area contributed by atoms with Crippen LogP contribution in [0.2, 0.25) is 0 Å². The van der Waals surface area contributed by atoms with Crippen LogP contribution in [0.25, 0.3) is 55.6 Å². The van der Waals surface area contributed by atoms with E-state index in [0.717, 1.165) is 32.1 Å². The number of benzene rings is 10. The van der Waals surface area contributed by atoms with E-state index in [2.05, 4.69) is 260 Å². The molecule has 0 fully saturated rings. The molecule has 0 bridgehead atoms. The van der Waals surface area contributed by atoms with E-state index in [0.29, 0.717) is 0 Å². The highest BCUT2D eigenvalue weighted by atomic mass is 14.3. The SMILES string of the molecule is Cc1cc2c(c(C)c1C)-c1c(C)cccc1C2.Cc1cc2c(c(C)c1C)-c1cccc(C)c1C2.Cc1cc2c(cc1C)-c1c(ccc(C)c1C)C2.Cc1ccc2c(c1)-c1c(cc(C)c(C)c1C)C2.Cc1ccc2c(c1)Cc1cc(C)c(C)c(C)c1-2. The molecule has 0 N–H and O–H groups in total. The summed E-state index contributed by atoms with van der Waals surface area (Å²) in [4.78, 5) is 0. The van der Waals surface area contributed by atoms with E-state index >= 15 is 0 Å². The van der Waals surface area contributed by atoms with E-state index < -0.39 is 0 Å². The summed E-state index contributed by atoms with van der Waals surface area (Å²) in [6, 6.07) is 45.8. The zero-order valence-electron chi connectivity index (χ0n) is 55.1. The molecule has 430 valence electrons. The highest BCUT2D eigenvalue weighted by Crippen LogP contribution is 2.46. The number of hydrogen-bond acceptors (Lipinski definition) is 0. The molecule has 5 aliphatic carbocycles. The average Bonchev–Trinajstić information content (AvgIpc) is 2.26. The van der Waals surface area contributed by atoms with Crippen LogP contribution in [0.1, 0.15) is 167 Å². The zero-order chi connectivity index (χ0) is 60.8. The van der Waals surface area contributed by atoms with Gasteiger partial charge in [0, 0.05) is 0 Å². The molecule has 0 aliphatic heterocycles. The van der Waals surface area contributed by atoms with E-state index in [1.807, 2.05) is 0 Å². The second-order valence-electron chi connectivity index (χ2n) is 26.5. The van der Waals surface area contributed by atoms with Gasteiger partial charge in [0.05, 0.1) is 0 Å². The van der Waals surface area contributed by atoms with Crippen LogP contribution >= 0.6 is 0 Å². The predicted molar refractivity (Wildman–Crippen MR) is 368 cm³/mol. The van der Waals surface area contributed by atoms with Gasteiger partial charge in [0.25, 0.3) is 0 Å². The molecule has 0 heteroatoms. The maximum atomic E-state index is 2.37. The maximum Gasteiger partial charge on any atom is -0.00106 e. The smallest absolute Gasteiger partial charge is 0.00106 e. The Labute approximate surface area is 511 Å². The molecule has 15 rings (SSSR count). The van der Waals surface area contributed by atoms with Crippen LogP contribution in [-0.4, -0.2) is 0 Å². The topological polar surface area (TPSA) is 0 Å². The molecular formula is C85H90. The van der Waals surface area contributed by atoms with E-state index in [1.165, 1.54) is 223 Å². The quantitative estimate of drug-likeness (QED) is 0.142. The molecule has 0 atom stereocenters. The summed E-state index contributed by atoms with van der Waals surface area (Å²) in [7, 11) is 0. The van der Waals surface area contributed by atoms with Gasteiger partial charge in [-0.15, -0.1) is 0 Å². The van der Waals surface area contributed by atoms with E-state index in [1.54, 1.807) is 0 Å². The normalized spacial score (nSPS) is 12.5. The fourth-order valence-electron chi connectivity index (χ4n) is 14.9.